The standard InChI is InChI=1S/C36H25N/c1-2-13-26(14-3-1)27-15-12-16-28(25-27)37-35-23-10-8-21-33(35)31-19-6-4-17-29(31)30-18-5-7-20-32(30)34-22-9-11-24-36(34)37/h1-25H. The number of nitrogens with zero attached hydrogens (tertiary/aromatic N) is 1. The molecule has 174 valence electrons. The van der Waals surface area contributed by atoms with Gasteiger partial charge < -0.3 is 4.57 Å². The Morgan fingerprint density at radius 3 is 1.24 bits per heavy atom. The summed E-state index contributed by atoms with van der Waals surface area (Å²) in [5, 5.41) is 7.41. The Hall–Kier alpha value is -4.88. The molecule has 1 aromatic heterocycles. The first-order chi connectivity index (χ1) is 18.4. The first kappa shape index (κ1) is 21.4. The lowest BCUT2D eigenvalue weighted by Crippen LogP contribution is -1.98. The van der Waals surface area contributed by atoms with Gasteiger partial charge in [0.05, 0.1) is 11.0 Å². The molecular weight excluding hydrogens is 446 g/mol. The molecule has 0 radical (unpaired) electrons. The van der Waals surface area contributed by atoms with Crippen LogP contribution in [0.2, 0.25) is 0 Å². The van der Waals surface area contributed by atoms with Crippen LogP contribution in [0, 0.1) is 0 Å². The van der Waals surface area contributed by atoms with Crippen LogP contribution in [0.3, 0.4) is 0 Å². The van der Waals surface area contributed by atoms with Crippen molar-refractivity contribution in [1.82, 2.24) is 4.57 Å². The maximum Gasteiger partial charge on any atom is 0.0540 e. The van der Waals surface area contributed by atoms with E-state index in [4.69, 9.17) is 0 Å². The lowest BCUT2D eigenvalue weighted by molar-refractivity contribution is 1.17. The van der Waals surface area contributed by atoms with Crippen LogP contribution < -0.4 is 0 Å². The highest BCUT2D eigenvalue weighted by Gasteiger charge is 2.10. The molecule has 0 bridgehead atoms. The van der Waals surface area contributed by atoms with Crippen molar-refractivity contribution >= 4 is 43.4 Å². The van der Waals surface area contributed by atoms with Crippen LogP contribution >= 0.6 is 0 Å². The van der Waals surface area contributed by atoms with Crippen LogP contribution in [-0.2, 0) is 0 Å². The molecule has 0 saturated heterocycles. The van der Waals surface area contributed by atoms with Gasteiger partial charge >= 0.3 is 0 Å². The third kappa shape index (κ3) is 3.64. The first-order valence-electron chi connectivity index (χ1n) is 12.7. The fraction of sp³-hybridized carbons (Fsp3) is 0. The summed E-state index contributed by atoms with van der Waals surface area (Å²) in [6.45, 7) is 0. The third-order valence-electron chi connectivity index (χ3n) is 7.23. The van der Waals surface area contributed by atoms with E-state index < -0.39 is 0 Å². The van der Waals surface area contributed by atoms with Crippen molar-refractivity contribution in [1.29, 1.82) is 0 Å². The van der Waals surface area contributed by atoms with E-state index in [1.54, 1.807) is 0 Å². The number of benzene rings is 6. The Kier molecular flexibility index (Phi) is 5.19. The van der Waals surface area contributed by atoms with E-state index in [2.05, 4.69) is 156 Å². The normalized spacial score (nSPS) is 11.2. The van der Waals surface area contributed by atoms with Crippen molar-refractivity contribution < 1.29 is 0 Å². The van der Waals surface area contributed by atoms with Gasteiger partial charge in [-0.3, -0.25) is 0 Å². The third-order valence-corrected chi connectivity index (χ3v) is 7.23. The van der Waals surface area contributed by atoms with Gasteiger partial charge in [-0.05, 0) is 56.9 Å². The van der Waals surface area contributed by atoms with Crippen molar-refractivity contribution in [2.45, 2.75) is 0 Å². The molecule has 0 unspecified atom stereocenters. The van der Waals surface area contributed by atoms with Gasteiger partial charge in [0.25, 0.3) is 0 Å². The van der Waals surface area contributed by atoms with E-state index >= 15 is 0 Å². The molecule has 0 amide bonds. The lowest BCUT2D eigenvalue weighted by atomic mass is 10.0. The summed E-state index contributed by atoms with van der Waals surface area (Å²) in [4.78, 5) is 0. The van der Waals surface area contributed by atoms with Crippen molar-refractivity contribution in [2.24, 2.45) is 0 Å². The summed E-state index contributed by atoms with van der Waals surface area (Å²) < 4.78 is 2.43. The number of hydrogen-bond donors (Lipinski definition) is 0. The molecule has 0 saturated carbocycles. The van der Waals surface area contributed by atoms with Crippen molar-refractivity contribution in [3.8, 4) is 16.8 Å². The fourth-order valence-corrected chi connectivity index (χ4v) is 5.56. The fourth-order valence-electron chi connectivity index (χ4n) is 5.56. The second-order valence-corrected chi connectivity index (χ2v) is 9.38. The highest BCUT2D eigenvalue weighted by Crippen LogP contribution is 2.34. The maximum atomic E-state index is 2.43. The smallest absolute Gasteiger partial charge is 0.0540 e. The van der Waals surface area contributed by atoms with Gasteiger partial charge in [-0.1, -0.05) is 127 Å². The van der Waals surface area contributed by atoms with Crippen LogP contribution in [0.4, 0.5) is 0 Å². The van der Waals surface area contributed by atoms with Crippen LogP contribution in [0.5, 0.6) is 0 Å². The van der Waals surface area contributed by atoms with Crippen LogP contribution in [0.15, 0.2) is 152 Å². The SMILES string of the molecule is c1ccc(-c2cccc(-n3c4ccccc4c4ccccc4c4ccccc4c4ccccc43)c2)cc1. The van der Waals surface area contributed by atoms with Crippen LogP contribution in [0.1, 0.15) is 0 Å². The molecule has 0 aliphatic rings. The van der Waals surface area contributed by atoms with E-state index in [1.165, 1.54) is 54.5 Å². The Bertz CT molecular complexity index is 1870. The molecule has 0 aliphatic carbocycles. The molecule has 0 fully saturated rings. The predicted octanol–water partition coefficient (Wildman–Crippen LogP) is 9.88. The Labute approximate surface area is 216 Å². The minimum Gasteiger partial charge on any atom is -0.309 e. The summed E-state index contributed by atoms with van der Waals surface area (Å²) in [5.41, 5.74) is 5.89. The molecular formula is C36H25N. The summed E-state index contributed by atoms with van der Waals surface area (Å²) >= 11 is 0. The van der Waals surface area contributed by atoms with E-state index in [1.807, 2.05) is 0 Å². The van der Waals surface area contributed by atoms with Gasteiger partial charge in [-0.15, -0.1) is 0 Å². The Morgan fingerprint density at radius 2 is 0.703 bits per heavy atom. The number of rotatable bonds is 2. The van der Waals surface area contributed by atoms with Crippen molar-refractivity contribution in [3.63, 3.8) is 0 Å². The van der Waals surface area contributed by atoms with E-state index in [9.17, 15) is 0 Å². The van der Waals surface area contributed by atoms with E-state index in [-0.39, 0.29) is 0 Å². The molecule has 0 aliphatic heterocycles. The average Bonchev–Trinajstić information content (AvgIpc) is 3.02. The molecule has 7 aromatic rings. The Balaban J connectivity index is 1.77. The molecule has 6 aromatic carbocycles. The number of para-hydroxylation sites is 2. The highest BCUT2D eigenvalue weighted by molar-refractivity contribution is 6.19. The zero-order chi connectivity index (χ0) is 24.6. The largest absolute Gasteiger partial charge is 0.309 e. The van der Waals surface area contributed by atoms with Gasteiger partial charge in [0.15, 0.2) is 0 Å². The van der Waals surface area contributed by atoms with Gasteiger partial charge in [0, 0.05) is 16.5 Å². The molecule has 1 heterocycles. The molecule has 0 N–H and O–H groups in total. The quantitative estimate of drug-likeness (QED) is 0.236. The second kappa shape index (κ2) is 8.96. The molecule has 0 spiro atoms. The van der Waals surface area contributed by atoms with Gasteiger partial charge in [-0.25, -0.2) is 0 Å². The van der Waals surface area contributed by atoms with Gasteiger partial charge in [0.1, 0.15) is 0 Å². The maximum absolute atomic E-state index is 2.43. The molecule has 37 heavy (non-hydrogen) atoms. The molecule has 1 heteroatoms. The minimum absolute atomic E-state index is 1.14. The molecule has 0 atom stereocenters. The van der Waals surface area contributed by atoms with Gasteiger partial charge in [-0.2, -0.15) is 0 Å². The van der Waals surface area contributed by atoms with E-state index in [0.29, 0.717) is 0 Å². The zero-order valence-electron chi connectivity index (χ0n) is 20.4. The topological polar surface area (TPSA) is 4.93 Å². The molecule has 1 nitrogen and oxygen atoms in total. The summed E-state index contributed by atoms with van der Waals surface area (Å²) in [6.07, 6.45) is 0. The van der Waals surface area contributed by atoms with Crippen molar-refractivity contribution in [2.75, 3.05) is 0 Å². The zero-order valence-corrected chi connectivity index (χ0v) is 20.4. The summed E-state index contributed by atoms with van der Waals surface area (Å²) in [6, 6.07) is 54.6. The van der Waals surface area contributed by atoms with Gasteiger partial charge in [0.2, 0.25) is 0 Å². The van der Waals surface area contributed by atoms with Crippen LogP contribution in [-0.4, -0.2) is 4.57 Å². The highest BCUT2D eigenvalue weighted by atomic mass is 15.0. The Morgan fingerprint density at radius 1 is 0.297 bits per heavy atom. The second-order valence-electron chi connectivity index (χ2n) is 9.38. The number of fused-ring (bicyclic) bond motifs is 7. The summed E-state index contributed by atoms with van der Waals surface area (Å²) in [5.74, 6) is 0. The van der Waals surface area contributed by atoms with E-state index in [0.717, 1.165) is 5.69 Å². The average molecular weight is 472 g/mol. The van der Waals surface area contributed by atoms with Crippen molar-refractivity contribution in [3.05, 3.63) is 152 Å². The first-order valence-corrected chi connectivity index (χ1v) is 12.7. The number of hydrogen-bond acceptors (Lipinski definition) is 0. The summed E-state index contributed by atoms with van der Waals surface area (Å²) in [7, 11) is 0. The monoisotopic (exact) mass is 471 g/mol. The minimum atomic E-state index is 1.14. The molecule has 7 rings (SSSR count). The lowest BCUT2D eigenvalue weighted by Gasteiger charge is -2.15. The predicted molar refractivity (Wildman–Crippen MR) is 159 cm³/mol. The number of aromatic nitrogens is 1. The van der Waals surface area contributed by atoms with Crippen LogP contribution in [0.25, 0.3) is 60.2 Å².